The van der Waals surface area contributed by atoms with Crippen LogP contribution in [0.2, 0.25) is 5.02 Å². The van der Waals surface area contributed by atoms with Crippen LogP contribution in [0.5, 0.6) is 0 Å². The standard InChI is InChI=1S/C25H32ClF3N6O/c26-20-8-7-18(17-19(20)25(27,28)29)24(36)9-15-35(16-10-24)23-31-21(33-11-3-1-4-12-33)30-22(32-23)34-13-5-2-6-14-34/h7-8,17,36H,1-6,9-16H2. The summed E-state index contributed by atoms with van der Waals surface area (Å²) in [6.45, 7) is 4.51. The molecule has 36 heavy (non-hydrogen) atoms. The fourth-order valence-electron chi connectivity index (χ4n) is 5.35. The molecule has 0 radical (unpaired) electrons. The number of nitrogens with zero attached hydrogens (tertiary/aromatic N) is 6. The first-order valence-electron chi connectivity index (χ1n) is 12.8. The van der Waals surface area contributed by atoms with Crippen molar-refractivity contribution in [3.8, 4) is 0 Å². The number of aliphatic hydroxyl groups is 1. The van der Waals surface area contributed by atoms with E-state index in [1.165, 1.54) is 25.0 Å². The van der Waals surface area contributed by atoms with Gasteiger partial charge in [-0.25, -0.2) is 0 Å². The van der Waals surface area contributed by atoms with Gasteiger partial charge in [0, 0.05) is 39.3 Å². The Balaban J connectivity index is 1.38. The first-order valence-corrected chi connectivity index (χ1v) is 13.2. The molecule has 0 aliphatic carbocycles. The Bertz CT molecular complexity index is 1030. The van der Waals surface area contributed by atoms with Gasteiger partial charge in [-0.2, -0.15) is 28.1 Å². The molecule has 3 saturated heterocycles. The summed E-state index contributed by atoms with van der Waals surface area (Å²) < 4.78 is 40.1. The Kier molecular flexibility index (Phi) is 7.18. The first kappa shape index (κ1) is 25.3. The van der Waals surface area contributed by atoms with Gasteiger partial charge in [0.05, 0.1) is 16.2 Å². The van der Waals surface area contributed by atoms with Crippen molar-refractivity contribution in [3.05, 3.63) is 34.3 Å². The van der Waals surface area contributed by atoms with Gasteiger partial charge >= 0.3 is 6.18 Å². The minimum Gasteiger partial charge on any atom is -0.385 e. The van der Waals surface area contributed by atoms with Crippen molar-refractivity contribution >= 4 is 29.4 Å². The number of anilines is 3. The number of piperidine rings is 3. The summed E-state index contributed by atoms with van der Waals surface area (Å²) in [6, 6.07) is 3.68. The van der Waals surface area contributed by atoms with E-state index in [2.05, 4.69) is 9.80 Å². The van der Waals surface area contributed by atoms with Crippen molar-refractivity contribution in [2.45, 2.75) is 63.1 Å². The van der Waals surface area contributed by atoms with E-state index < -0.39 is 17.3 Å². The number of hydrogen-bond acceptors (Lipinski definition) is 7. The molecule has 1 aromatic heterocycles. The molecule has 11 heteroatoms. The van der Waals surface area contributed by atoms with Crippen molar-refractivity contribution < 1.29 is 18.3 Å². The van der Waals surface area contributed by atoms with Crippen LogP contribution < -0.4 is 14.7 Å². The zero-order chi connectivity index (χ0) is 25.3. The van der Waals surface area contributed by atoms with Crippen molar-refractivity contribution in [3.63, 3.8) is 0 Å². The van der Waals surface area contributed by atoms with E-state index in [0.717, 1.165) is 57.9 Å². The Morgan fingerprint density at radius 2 is 1.17 bits per heavy atom. The second-order valence-electron chi connectivity index (χ2n) is 10.0. The van der Waals surface area contributed by atoms with Crippen molar-refractivity contribution in [2.24, 2.45) is 0 Å². The maximum atomic E-state index is 13.4. The maximum Gasteiger partial charge on any atom is 0.417 e. The summed E-state index contributed by atoms with van der Waals surface area (Å²) in [4.78, 5) is 20.9. The second kappa shape index (κ2) is 10.2. The maximum absolute atomic E-state index is 13.4. The first-order chi connectivity index (χ1) is 17.2. The molecule has 2 aromatic rings. The fraction of sp³-hybridized carbons (Fsp3) is 0.640. The van der Waals surface area contributed by atoms with Crippen molar-refractivity contribution in [1.82, 2.24) is 15.0 Å². The Labute approximate surface area is 214 Å². The van der Waals surface area contributed by atoms with Crippen LogP contribution in [0.1, 0.15) is 62.5 Å². The second-order valence-corrected chi connectivity index (χ2v) is 10.4. The highest BCUT2D eigenvalue weighted by molar-refractivity contribution is 6.31. The number of hydrogen-bond donors (Lipinski definition) is 1. The third kappa shape index (κ3) is 5.34. The minimum atomic E-state index is -4.58. The average Bonchev–Trinajstić information content (AvgIpc) is 2.89. The van der Waals surface area contributed by atoms with E-state index in [1.54, 1.807) is 0 Å². The van der Waals surface area contributed by atoms with Crippen LogP contribution in [0.3, 0.4) is 0 Å². The van der Waals surface area contributed by atoms with Crippen LogP contribution in [0.4, 0.5) is 31.0 Å². The predicted molar refractivity (Wildman–Crippen MR) is 134 cm³/mol. The molecule has 0 unspecified atom stereocenters. The predicted octanol–water partition coefficient (Wildman–Crippen LogP) is 5.01. The lowest BCUT2D eigenvalue weighted by atomic mass is 9.84. The lowest BCUT2D eigenvalue weighted by Gasteiger charge is -2.39. The van der Waals surface area contributed by atoms with E-state index in [0.29, 0.717) is 30.9 Å². The number of alkyl halides is 3. The molecule has 3 aliphatic rings. The quantitative estimate of drug-likeness (QED) is 0.603. The van der Waals surface area contributed by atoms with Gasteiger partial charge in [0.15, 0.2) is 0 Å². The number of aromatic nitrogens is 3. The molecule has 0 amide bonds. The van der Waals surface area contributed by atoms with Gasteiger partial charge in [0.25, 0.3) is 0 Å². The van der Waals surface area contributed by atoms with Gasteiger partial charge in [-0.1, -0.05) is 17.7 Å². The van der Waals surface area contributed by atoms with E-state index in [9.17, 15) is 18.3 Å². The highest BCUT2D eigenvalue weighted by Gasteiger charge is 2.39. The zero-order valence-corrected chi connectivity index (χ0v) is 21.0. The molecule has 0 spiro atoms. The topological polar surface area (TPSA) is 68.6 Å². The number of rotatable bonds is 4. The van der Waals surface area contributed by atoms with Crippen LogP contribution in [0.25, 0.3) is 0 Å². The summed E-state index contributed by atoms with van der Waals surface area (Å²) >= 11 is 5.79. The Hall–Kier alpha value is -2.33. The van der Waals surface area contributed by atoms with Gasteiger partial charge in [-0.05, 0) is 69.1 Å². The molecular formula is C25H32ClF3N6O. The smallest absolute Gasteiger partial charge is 0.385 e. The SMILES string of the molecule is OC1(c2ccc(Cl)c(C(F)(F)F)c2)CCN(c2nc(N3CCCCC3)nc(N3CCCCC3)n2)CC1. The molecule has 3 aliphatic heterocycles. The lowest BCUT2D eigenvalue weighted by molar-refractivity contribution is -0.137. The zero-order valence-electron chi connectivity index (χ0n) is 20.3. The van der Waals surface area contributed by atoms with Gasteiger partial charge in [-0.15, -0.1) is 0 Å². The molecule has 0 bridgehead atoms. The highest BCUT2D eigenvalue weighted by atomic mass is 35.5. The van der Waals surface area contributed by atoms with Crippen LogP contribution >= 0.6 is 11.6 Å². The summed E-state index contributed by atoms with van der Waals surface area (Å²) in [6.07, 6.45) is 2.79. The van der Waals surface area contributed by atoms with Gasteiger partial charge in [-0.3, -0.25) is 0 Å². The minimum absolute atomic E-state index is 0.234. The monoisotopic (exact) mass is 524 g/mol. The molecular weight excluding hydrogens is 493 g/mol. The molecule has 4 heterocycles. The molecule has 3 fully saturated rings. The molecule has 0 atom stereocenters. The third-order valence-electron chi connectivity index (χ3n) is 7.56. The fourth-order valence-corrected chi connectivity index (χ4v) is 5.58. The summed E-state index contributed by atoms with van der Waals surface area (Å²) in [5.74, 6) is 1.95. The van der Waals surface area contributed by atoms with Crippen LogP contribution in [0, 0.1) is 0 Å². The van der Waals surface area contributed by atoms with Crippen LogP contribution in [0.15, 0.2) is 18.2 Å². The van der Waals surface area contributed by atoms with E-state index in [4.69, 9.17) is 26.6 Å². The van der Waals surface area contributed by atoms with Gasteiger partial charge in [0.2, 0.25) is 17.8 Å². The molecule has 0 saturated carbocycles. The highest BCUT2D eigenvalue weighted by Crippen LogP contribution is 2.40. The largest absolute Gasteiger partial charge is 0.417 e. The van der Waals surface area contributed by atoms with Crippen LogP contribution in [-0.2, 0) is 11.8 Å². The summed E-state index contributed by atoms with van der Waals surface area (Å²) in [5, 5.41) is 10.9. The Morgan fingerprint density at radius 1 is 0.722 bits per heavy atom. The number of benzene rings is 1. The molecule has 1 aromatic carbocycles. The third-order valence-corrected chi connectivity index (χ3v) is 7.89. The van der Waals surface area contributed by atoms with Crippen LogP contribution in [-0.4, -0.2) is 59.3 Å². The lowest BCUT2D eigenvalue weighted by Crippen LogP contribution is -2.44. The van der Waals surface area contributed by atoms with E-state index in [-0.39, 0.29) is 23.4 Å². The van der Waals surface area contributed by atoms with Gasteiger partial charge < -0.3 is 19.8 Å². The van der Waals surface area contributed by atoms with Gasteiger partial charge in [0.1, 0.15) is 0 Å². The number of halogens is 4. The molecule has 7 nitrogen and oxygen atoms in total. The van der Waals surface area contributed by atoms with Crippen molar-refractivity contribution in [2.75, 3.05) is 54.0 Å². The molecule has 1 N–H and O–H groups in total. The molecule has 196 valence electrons. The Morgan fingerprint density at radius 3 is 1.61 bits per heavy atom. The average molecular weight is 525 g/mol. The summed E-state index contributed by atoms with van der Waals surface area (Å²) in [5.41, 5.74) is -2.07. The van der Waals surface area contributed by atoms with E-state index in [1.807, 2.05) is 4.90 Å². The van der Waals surface area contributed by atoms with E-state index >= 15 is 0 Å². The summed E-state index contributed by atoms with van der Waals surface area (Å²) in [7, 11) is 0. The normalized spacial score (nSPS) is 21.1. The van der Waals surface area contributed by atoms with Crippen molar-refractivity contribution in [1.29, 1.82) is 0 Å². The molecule has 5 rings (SSSR count).